The number of hydrogen-bond acceptors (Lipinski definition) is 3. The lowest BCUT2D eigenvalue weighted by Gasteiger charge is -2.15. The third-order valence-electron chi connectivity index (χ3n) is 4.72. The molecule has 130 valence electrons. The molecule has 1 aliphatic heterocycles. The van der Waals surface area contributed by atoms with E-state index in [1.807, 2.05) is 0 Å². The van der Waals surface area contributed by atoms with Crippen LogP contribution in [0, 0.1) is 0 Å². The Morgan fingerprint density at radius 3 is 2.76 bits per heavy atom. The molecule has 0 fully saturated rings. The van der Waals surface area contributed by atoms with Gasteiger partial charge in [-0.25, -0.2) is 4.68 Å². The predicted molar refractivity (Wildman–Crippen MR) is 110 cm³/mol. The standard InChI is InChI=1S/C20H22BrN3S/c1-13(2)14-7-3-4-9-16(14)24-20-15(8-5-6-12-22-20)19(23-24)17-10-11-18(21)25-17/h3-4,7,9-11,13,22H,5-6,8,12H2,1-2H3. The quantitative estimate of drug-likeness (QED) is 0.548. The van der Waals surface area contributed by atoms with Crippen LogP contribution in [0.2, 0.25) is 0 Å². The van der Waals surface area contributed by atoms with Gasteiger partial charge in [-0.1, -0.05) is 32.0 Å². The topological polar surface area (TPSA) is 29.9 Å². The van der Waals surface area contributed by atoms with Crippen LogP contribution in [-0.4, -0.2) is 16.3 Å². The highest BCUT2D eigenvalue weighted by atomic mass is 79.9. The highest BCUT2D eigenvalue weighted by Crippen LogP contribution is 2.39. The van der Waals surface area contributed by atoms with Crippen molar-refractivity contribution in [1.29, 1.82) is 0 Å². The van der Waals surface area contributed by atoms with Crippen molar-refractivity contribution >= 4 is 33.1 Å². The van der Waals surface area contributed by atoms with E-state index in [2.05, 4.69) is 76.2 Å². The van der Waals surface area contributed by atoms with Gasteiger partial charge in [0.1, 0.15) is 11.5 Å². The van der Waals surface area contributed by atoms with Gasteiger partial charge in [-0.3, -0.25) is 0 Å². The molecule has 0 aliphatic carbocycles. The number of rotatable bonds is 3. The molecule has 0 amide bonds. The third-order valence-corrected chi connectivity index (χ3v) is 6.35. The van der Waals surface area contributed by atoms with Gasteiger partial charge in [-0.05, 0) is 64.9 Å². The molecule has 0 spiro atoms. The molecule has 0 bridgehead atoms. The average molecular weight is 416 g/mol. The Morgan fingerprint density at radius 1 is 1.16 bits per heavy atom. The maximum absolute atomic E-state index is 5.07. The van der Waals surface area contributed by atoms with E-state index in [-0.39, 0.29) is 0 Å². The molecule has 1 aromatic carbocycles. The van der Waals surface area contributed by atoms with E-state index in [9.17, 15) is 0 Å². The molecule has 0 saturated heterocycles. The van der Waals surface area contributed by atoms with Gasteiger partial charge in [0, 0.05) is 12.1 Å². The van der Waals surface area contributed by atoms with Crippen LogP contribution < -0.4 is 5.32 Å². The van der Waals surface area contributed by atoms with E-state index in [1.54, 1.807) is 11.3 Å². The molecule has 4 rings (SSSR count). The molecule has 0 saturated carbocycles. The number of nitrogens with zero attached hydrogens (tertiary/aromatic N) is 2. The second kappa shape index (κ2) is 6.96. The smallest absolute Gasteiger partial charge is 0.133 e. The number of nitrogens with one attached hydrogen (secondary N) is 1. The van der Waals surface area contributed by atoms with Crippen molar-refractivity contribution in [2.75, 3.05) is 11.9 Å². The van der Waals surface area contributed by atoms with Crippen LogP contribution in [0.25, 0.3) is 16.3 Å². The van der Waals surface area contributed by atoms with Crippen molar-refractivity contribution in [3.8, 4) is 16.3 Å². The third kappa shape index (κ3) is 3.15. The Balaban J connectivity index is 1.93. The maximum atomic E-state index is 5.07. The summed E-state index contributed by atoms with van der Waals surface area (Å²) in [6.07, 6.45) is 3.49. The Kier molecular flexibility index (Phi) is 4.69. The largest absolute Gasteiger partial charge is 0.370 e. The minimum absolute atomic E-state index is 0.459. The lowest BCUT2D eigenvalue weighted by Crippen LogP contribution is -2.09. The summed E-state index contributed by atoms with van der Waals surface area (Å²) in [4.78, 5) is 1.23. The number of halogens is 1. The Hall–Kier alpha value is -1.59. The van der Waals surface area contributed by atoms with Crippen LogP contribution in [0.1, 0.15) is 43.7 Å². The van der Waals surface area contributed by atoms with E-state index in [0.29, 0.717) is 5.92 Å². The molecule has 0 unspecified atom stereocenters. The molecule has 25 heavy (non-hydrogen) atoms. The second-order valence-corrected chi connectivity index (χ2v) is 9.25. The summed E-state index contributed by atoms with van der Waals surface area (Å²) in [7, 11) is 0. The van der Waals surface area contributed by atoms with Crippen molar-refractivity contribution in [3.63, 3.8) is 0 Å². The van der Waals surface area contributed by atoms with Crippen molar-refractivity contribution in [2.24, 2.45) is 0 Å². The monoisotopic (exact) mass is 415 g/mol. The fraction of sp³-hybridized carbons (Fsp3) is 0.350. The van der Waals surface area contributed by atoms with Crippen LogP contribution in [-0.2, 0) is 6.42 Å². The van der Waals surface area contributed by atoms with Gasteiger partial charge in [-0.2, -0.15) is 5.10 Å². The molecule has 3 heterocycles. The van der Waals surface area contributed by atoms with Crippen molar-refractivity contribution in [1.82, 2.24) is 9.78 Å². The Labute approximate surface area is 161 Å². The van der Waals surface area contributed by atoms with E-state index < -0.39 is 0 Å². The molecule has 2 aromatic heterocycles. The van der Waals surface area contributed by atoms with Crippen LogP contribution in [0.4, 0.5) is 5.82 Å². The molecule has 5 heteroatoms. The normalized spacial score (nSPS) is 14.2. The lowest BCUT2D eigenvalue weighted by molar-refractivity contribution is 0.777. The first-order valence-electron chi connectivity index (χ1n) is 8.86. The maximum Gasteiger partial charge on any atom is 0.133 e. The van der Waals surface area contributed by atoms with Crippen molar-refractivity contribution < 1.29 is 0 Å². The van der Waals surface area contributed by atoms with Gasteiger partial charge >= 0.3 is 0 Å². The van der Waals surface area contributed by atoms with E-state index >= 15 is 0 Å². The molecule has 0 atom stereocenters. The SMILES string of the molecule is CC(C)c1ccccc1-n1nc(-c2ccc(Br)s2)c2c1NCCCC2. The van der Waals surface area contributed by atoms with Crippen molar-refractivity contribution in [3.05, 3.63) is 51.3 Å². The zero-order chi connectivity index (χ0) is 17.4. The highest BCUT2D eigenvalue weighted by Gasteiger charge is 2.23. The summed E-state index contributed by atoms with van der Waals surface area (Å²) >= 11 is 5.34. The first-order valence-corrected chi connectivity index (χ1v) is 10.5. The first kappa shape index (κ1) is 16.9. The summed E-state index contributed by atoms with van der Waals surface area (Å²) in [5, 5.41) is 8.72. The number of benzene rings is 1. The van der Waals surface area contributed by atoms with Crippen LogP contribution in [0.15, 0.2) is 40.2 Å². The summed E-state index contributed by atoms with van der Waals surface area (Å²) in [5.41, 5.74) is 4.99. The van der Waals surface area contributed by atoms with Crippen LogP contribution >= 0.6 is 27.3 Å². The van der Waals surface area contributed by atoms with Gasteiger partial charge in [0.15, 0.2) is 0 Å². The Bertz CT molecular complexity index is 894. The molecular formula is C20H22BrN3S. The number of hydrogen-bond donors (Lipinski definition) is 1. The molecule has 1 N–H and O–H groups in total. The van der Waals surface area contributed by atoms with Gasteiger partial charge in [0.05, 0.1) is 14.4 Å². The summed E-state index contributed by atoms with van der Waals surface area (Å²) in [6.45, 7) is 5.49. The van der Waals surface area contributed by atoms with Gasteiger partial charge in [-0.15, -0.1) is 11.3 Å². The zero-order valence-electron chi connectivity index (χ0n) is 14.6. The number of thiophene rings is 1. The fourth-order valence-corrected chi connectivity index (χ4v) is 4.88. The van der Waals surface area contributed by atoms with Crippen LogP contribution in [0.5, 0.6) is 0 Å². The van der Waals surface area contributed by atoms with Crippen LogP contribution in [0.3, 0.4) is 0 Å². The summed E-state index contributed by atoms with van der Waals surface area (Å²) in [5.74, 6) is 1.63. The summed E-state index contributed by atoms with van der Waals surface area (Å²) < 4.78 is 3.29. The second-order valence-electron chi connectivity index (χ2n) is 6.79. The molecule has 1 aliphatic rings. The lowest BCUT2D eigenvalue weighted by atomic mass is 10.0. The highest BCUT2D eigenvalue weighted by molar-refractivity contribution is 9.11. The predicted octanol–water partition coefficient (Wildman–Crippen LogP) is 6.23. The number of aromatic nitrogens is 2. The van der Waals surface area contributed by atoms with Gasteiger partial charge in [0.2, 0.25) is 0 Å². The van der Waals surface area contributed by atoms with Crippen molar-refractivity contribution in [2.45, 2.75) is 39.0 Å². The summed E-state index contributed by atoms with van der Waals surface area (Å²) in [6, 6.07) is 12.9. The minimum atomic E-state index is 0.459. The average Bonchev–Trinajstić information content (AvgIpc) is 3.10. The number of para-hydroxylation sites is 1. The zero-order valence-corrected chi connectivity index (χ0v) is 17.0. The van der Waals surface area contributed by atoms with Gasteiger partial charge in [0.25, 0.3) is 0 Å². The molecule has 3 aromatic rings. The number of fused-ring (bicyclic) bond motifs is 1. The Morgan fingerprint density at radius 2 is 2.00 bits per heavy atom. The molecule has 3 nitrogen and oxygen atoms in total. The molecular weight excluding hydrogens is 394 g/mol. The van der Waals surface area contributed by atoms with E-state index in [1.165, 1.54) is 40.4 Å². The number of anilines is 1. The molecule has 0 radical (unpaired) electrons. The van der Waals surface area contributed by atoms with Gasteiger partial charge < -0.3 is 5.32 Å². The minimum Gasteiger partial charge on any atom is -0.370 e. The van der Waals surface area contributed by atoms with E-state index in [0.717, 1.165) is 22.4 Å². The fourth-order valence-electron chi connectivity index (χ4n) is 3.48. The first-order chi connectivity index (χ1) is 12.1. The van der Waals surface area contributed by atoms with E-state index in [4.69, 9.17) is 5.10 Å².